The van der Waals surface area contributed by atoms with Crippen LogP contribution in [0.1, 0.15) is 58.2 Å². The van der Waals surface area contributed by atoms with Gasteiger partial charge in [-0.25, -0.2) is 4.79 Å². The first-order valence-corrected chi connectivity index (χ1v) is 12.4. The highest BCUT2D eigenvalue weighted by atomic mass is 16.6. The Labute approximate surface area is 218 Å². The van der Waals surface area contributed by atoms with Gasteiger partial charge in [-0.3, -0.25) is 9.59 Å². The van der Waals surface area contributed by atoms with Crippen LogP contribution in [0.2, 0.25) is 0 Å². The van der Waals surface area contributed by atoms with Crippen molar-refractivity contribution in [2.75, 3.05) is 13.2 Å². The summed E-state index contributed by atoms with van der Waals surface area (Å²) in [7, 11) is 0. The number of benzene rings is 2. The number of ether oxygens (including phenoxy) is 1. The monoisotopic (exact) mass is 513 g/mol. The molecule has 0 fully saturated rings. The summed E-state index contributed by atoms with van der Waals surface area (Å²) in [5.74, 6) is -1.07. The predicted octanol–water partition coefficient (Wildman–Crippen LogP) is 3.51. The molecule has 2 aromatic carbocycles. The van der Waals surface area contributed by atoms with Crippen LogP contribution in [0.25, 0.3) is 0 Å². The van der Waals surface area contributed by atoms with Crippen molar-refractivity contribution in [3.05, 3.63) is 65.7 Å². The minimum atomic E-state index is -1.16. The summed E-state index contributed by atoms with van der Waals surface area (Å²) in [5, 5.41) is 25.4. The zero-order valence-corrected chi connectivity index (χ0v) is 22.2. The molecule has 2 aromatic rings. The molecule has 0 aliphatic rings. The highest BCUT2D eigenvalue weighted by molar-refractivity contribution is 5.92. The highest BCUT2D eigenvalue weighted by Crippen LogP contribution is 2.26. The van der Waals surface area contributed by atoms with Gasteiger partial charge >= 0.3 is 6.09 Å². The standard InChI is InChI=1S/C28H39N3O6/c1-19(2)16-23(30-27(36)37-28(3,4)5)26(35)31(14-15-32)24(21-12-9-13-22(33)17-21)25(34)29-18-20-10-7-6-8-11-20/h6-13,17,19,23-24,32-33H,14-16,18H2,1-5H3,(H,29,34)(H,30,36). The van der Waals surface area contributed by atoms with Gasteiger partial charge in [0.15, 0.2) is 0 Å². The summed E-state index contributed by atoms with van der Waals surface area (Å²) in [4.78, 5) is 41.2. The zero-order chi connectivity index (χ0) is 27.6. The first-order valence-electron chi connectivity index (χ1n) is 12.4. The Kier molecular flexibility index (Phi) is 10.9. The normalized spacial score (nSPS) is 12.9. The lowest BCUT2D eigenvalue weighted by Crippen LogP contribution is -2.54. The molecule has 0 heterocycles. The van der Waals surface area contributed by atoms with Crippen molar-refractivity contribution in [3.8, 4) is 5.75 Å². The molecule has 37 heavy (non-hydrogen) atoms. The van der Waals surface area contributed by atoms with Gasteiger partial charge in [0.05, 0.1) is 6.61 Å². The molecular weight excluding hydrogens is 474 g/mol. The molecule has 3 amide bonds. The summed E-state index contributed by atoms with van der Waals surface area (Å²) in [6.45, 7) is 8.63. The van der Waals surface area contributed by atoms with Crippen LogP contribution in [0, 0.1) is 5.92 Å². The zero-order valence-electron chi connectivity index (χ0n) is 22.2. The minimum Gasteiger partial charge on any atom is -0.508 e. The van der Waals surface area contributed by atoms with E-state index in [0.717, 1.165) is 5.56 Å². The second-order valence-corrected chi connectivity index (χ2v) is 10.3. The van der Waals surface area contributed by atoms with E-state index in [9.17, 15) is 24.6 Å². The number of nitrogens with one attached hydrogen (secondary N) is 2. The van der Waals surface area contributed by atoms with Crippen molar-refractivity contribution < 1.29 is 29.3 Å². The molecule has 2 atom stereocenters. The SMILES string of the molecule is CC(C)CC(NC(=O)OC(C)(C)C)C(=O)N(CCO)C(C(=O)NCc1ccccc1)c1cccc(O)c1. The van der Waals surface area contributed by atoms with E-state index >= 15 is 0 Å². The van der Waals surface area contributed by atoms with Crippen LogP contribution in [0.5, 0.6) is 5.75 Å². The van der Waals surface area contributed by atoms with Crippen LogP contribution in [-0.4, -0.2) is 57.8 Å². The van der Waals surface area contributed by atoms with Gasteiger partial charge in [-0.05, 0) is 56.4 Å². The fourth-order valence-corrected chi connectivity index (χ4v) is 3.87. The van der Waals surface area contributed by atoms with E-state index in [1.807, 2.05) is 44.2 Å². The average Bonchev–Trinajstić information content (AvgIpc) is 2.81. The molecule has 2 unspecified atom stereocenters. The second-order valence-electron chi connectivity index (χ2n) is 10.3. The van der Waals surface area contributed by atoms with Crippen molar-refractivity contribution >= 4 is 17.9 Å². The third kappa shape index (κ3) is 9.76. The third-order valence-corrected chi connectivity index (χ3v) is 5.38. The second kappa shape index (κ2) is 13.6. The number of amides is 3. The van der Waals surface area contributed by atoms with Crippen molar-refractivity contribution in [1.29, 1.82) is 0 Å². The lowest BCUT2D eigenvalue weighted by Gasteiger charge is -2.34. The number of aromatic hydroxyl groups is 1. The first kappa shape index (κ1) is 29.6. The largest absolute Gasteiger partial charge is 0.508 e. The number of phenolic OH excluding ortho intramolecular Hbond substituents is 1. The molecule has 0 radical (unpaired) electrons. The number of aliphatic hydroxyl groups is 1. The smallest absolute Gasteiger partial charge is 0.408 e. The van der Waals surface area contributed by atoms with Crippen LogP contribution < -0.4 is 10.6 Å². The molecule has 0 aliphatic carbocycles. The van der Waals surface area contributed by atoms with Crippen molar-refractivity contribution in [2.24, 2.45) is 5.92 Å². The van der Waals surface area contributed by atoms with Gasteiger partial charge in [-0.1, -0.05) is 56.3 Å². The van der Waals surface area contributed by atoms with E-state index in [-0.39, 0.29) is 24.8 Å². The van der Waals surface area contributed by atoms with Crippen molar-refractivity contribution in [3.63, 3.8) is 0 Å². The molecule has 4 N–H and O–H groups in total. The topological polar surface area (TPSA) is 128 Å². The third-order valence-electron chi connectivity index (χ3n) is 5.38. The number of phenols is 1. The summed E-state index contributed by atoms with van der Waals surface area (Å²) in [6, 6.07) is 13.2. The van der Waals surface area contributed by atoms with Crippen LogP contribution in [0.15, 0.2) is 54.6 Å². The fraction of sp³-hybridized carbons (Fsp3) is 0.464. The predicted molar refractivity (Wildman–Crippen MR) is 141 cm³/mol. The van der Waals surface area contributed by atoms with Crippen LogP contribution in [-0.2, 0) is 20.9 Å². The van der Waals surface area contributed by atoms with E-state index in [0.29, 0.717) is 12.0 Å². The number of carbonyl (C=O) groups is 3. The Morgan fingerprint density at radius 3 is 2.27 bits per heavy atom. The van der Waals surface area contributed by atoms with Gasteiger partial charge < -0.3 is 30.5 Å². The van der Waals surface area contributed by atoms with Crippen LogP contribution in [0.3, 0.4) is 0 Å². The summed E-state index contributed by atoms with van der Waals surface area (Å²) in [5.41, 5.74) is 0.476. The Hall–Kier alpha value is -3.59. The molecular formula is C28H39N3O6. The Morgan fingerprint density at radius 1 is 1.03 bits per heavy atom. The molecule has 9 nitrogen and oxygen atoms in total. The van der Waals surface area contributed by atoms with Crippen LogP contribution in [0.4, 0.5) is 4.79 Å². The molecule has 0 aromatic heterocycles. The Balaban J connectivity index is 2.42. The van der Waals surface area contributed by atoms with E-state index in [4.69, 9.17) is 4.74 Å². The molecule has 0 spiro atoms. The lowest BCUT2D eigenvalue weighted by molar-refractivity contribution is -0.143. The van der Waals surface area contributed by atoms with Gasteiger partial charge in [0.2, 0.25) is 11.8 Å². The quantitative estimate of drug-likeness (QED) is 0.364. The van der Waals surface area contributed by atoms with Crippen LogP contribution >= 0.6 is 0 Å². The maximum absolute atomic E-state index is 13.9. The molecule has 0 bridgehead atoms. The number of carbonyl (C=O) groups excluding carboxylic acids is 3. The molecule has 0 aliphatic heterocycles. The molecule has 0 saturated heterocycles. The van der Waals surface area contributed by atoms with Gasteiger partial charge in [0.1, 0.15) is 23.4 Å². The average molecular weight is 514 g/mol. The van der Waals surface area contributed by atoms with E-state index < -0.39 is 42.2 Å². The molecule has 202 valence electrons. The van der Waals surface area contributed by atoms with Gasteiger partial charge in [0, 0.05) is 13.1 Å². The number of hydrogen-bond donors (Lipinski definition) is 4. The minimum absolute atomic E-state index is 0.0333. The lowest BCUT2D eigenvalue weighted by atomic mass is 9.99. The molecule has 2 rings (SSSR count). The molecule has 0 saturated carbocycles. The van der Waals surface area contributed by atoms with E-state index in [2.05, 4.69) is 10.6 Å². The van der Waals surface area contributed by atoms with E-state index in [1.54, 1.807) is 32.9 Å². The maximum Gasteiger partial charge on any atom is 0.408 e. The number of rotatable bonds is 11. The summed E-state index contributed by atoms with van der Waals surface area (Å²) in [6.07, 6.45) is -0.462. The first-order chi connectivity index (χ1) is 17.4. The van der Waals surface area contributed by atoms with Gasteiger partial charge in [-0.2, -0.15) is 0 Å². The van der Waals surface area contributed by atoms with E-state index in [1.165, 1.54) is 17.0 Å². The van der Waals surface area contributed by atoms with Crippen molar-refractivity contribution in [2.45, 2.75) is 65.3 Å². The molecule has 9 heteroatoms. The Bertz CT molecular complexity index is 1040. The number of nitrogens with zero attached hydrogens (tertiary/aromatic N) is 1. The fourth-order valence-electron chi connectivity index (χ4n) is 3.87. The number of aliphatic hydroxyl groups excluding tert-OH is 1. The number of hydrogen-bond acceptors (Lipinski definition) is 6. The summed E-state index contributed by atoms with van der Waals surface area (Å²) >= 11 is 0. The maximum atomic E-state index is 13.9. The van der Waals surface area contributed by atoms with Gasteiger partial charge in [-0.15, -0.1) is 0 Å². The van der Waals surface area contributed by atoms with Gasteiger partial charge in [0.25, 0.3) is 0 Å². The highest BCUT2D eigenvalue weighted by Gasteiger charge is 2.36. The number of alkyl carbamates (subject to hydrolysis) is 1. The Morgan fingerprint density at radius 2 is 1.70 bits per heavy atom. The summed E-state index contributed by atoms with van der Waals surface area (Å²) < 4.78 is 5.35. The van der Waals surface area contributed by atoms with Crippen molar-refractivity contribution in [1.82, 2.24) is 15.5 Å².